The maximum Gasteiger partial charge on any atom is 0.195 e. The van der Waals surface area contributed by atoms with Gasteiger partial charge in [0.05, 0.1) is 0 Å². The first-order valence-electron chi connectivity index (χ1n) is 7.76. The second-order valence-electron chi connectivity index (χ2n) is 7.44. The van der Waals surface area contributed by atoms with E-state index >= 15 is 0 Å². The van der Waals surface area contributed by atoms with Crippen molar-refractivity contribution in [3.05, 3.63) is 0 Å². The topological polar surface area (TPSA) is 86.2 Å². The normalized spacial score (nSPS) is 45.4. The summed E-state index contributed by atoms with van der Waals surface area (Å²) < 4.78 is 5.13. The van der Waals surface area contributed by atoms with Gasteiger partial charge in [0.1, 0.15) is 0 Å². The summed E-state index contributed by atoms with van der Waals surface area (Å²) in [6, 6.07) is 0. The van der Waals surface area contributed by atoms with Crippen molar-refractivity contribution < 1.29 is 8.42 Å². The third kappa shape index (κ3) is 3.83. The van der Waals surface area contributed by atoms with Crippen LogP contribution in [-0.2, 0) is 9.84 Å². The minimum atomic E-state index is -5.48. The fourth-order valence-electron chi connectivity index (χ4n) is 3.22. The lowest BCUT2D eigenvalue weighted by Gasteiger charge is -2.62. The SMILES string of the molecule is NC1(Cl)C(Cl)(Cl)CC(Cl)(S(=O)(=O)C2(Cl)CC(Cl)(Cl)C(N)(Cl)C(Cl)(Cl)C2(Cl)Cl)C(Cl)(Cl)C1(Cl)Cl. The molecule has 4 unspecified atom stereocenters. The highest BCUT2D eigenvalue weighted by Crippen LogP contribution is 2.75. The molecule has 33 heavy (non-hydrogen) atoms. The Bertz CT molecular complexity index is 893. The van der Waals surface area contributed by atoms with Crippen LogP contribution in [0.3, 0.4) is 0 Å². The third-order valence-corrected chi connectivity index (χ3v) is 20.2. The number of nitrogens with two attached hydrogens (primary N) is 2. The molecule has 0 spiro atoms. The number of hydrogen-bond acceptors (Lipinski definition) is 4. The zero-order chi connectivity index (χ0) is 26.9. The first kappa shape index (κ1) is 33.7. The molecule has 0 aromatic carbocycles. The molecule has 0 heterocycles. The fraction of sp³-hybridized carbons (Fsp3) is 1.00. The number of alkyl halides is 16. The van der Waals surface area contributed by atoms with Crippen LogP contribution < -0.4 is 11.5 Å². The molecule has 2 aliphatic rings. The van der Waals surface area contributed by atoms with Crippen LogP contribution >= 0.6 is 186 Å². The van der Waals surface area contributed by atoms with Crippen molar-refractivity contribution in [3.8, 4) is 0 Å². The van der Waals surface area contributed by atoms with E-state index in [1.807, 2.05) is 0 Å². The lowest BCUT2D eigenvalue weighted by molar-refractivity contribution is 0.294. The Morgan fingerprint density at radius 2 is 0.667 bits per heavy atom. The van der Waals surface area contributed by atoms with E-state index in [-0.39, 0.29) is 0 Å². The van der Waals surface area contributed by atoms with Gasteiger partial charge in [0.25, 0.3) is 0 Å². The van der Waals surface area contributed by atoms with E-state index in [2.05, 4.69) is 0 Å². The van der Waals surface area contributed by atoms with E-state index in [9.17, 15) is 8.42 Å². The van der Waals surface area contributed by atoms with Gasteiger partial charge >= 0.3 is 0 Å². The average molecular weight is 812 g/mol. The second-order valence-corrected chi connectivity index (χ2v) is 21.1. The maximum atomic E-state index is 14.1. The van der Waals surface area contributed by atoms with Gasteiger partial charge in [-0.1, -0.05) is 186 Å². The maximum absolute atomic E-state index is 14.1. The molecule has 0 aromatic heterocycles. The Morgan fingerprint density at radius 1 is 0.455 bits per heavy atom. The highest BCUT2D eigenvalue weighted by Gasteiger charge is 2.88. The summed E-state index contributed by atoms with van der Waals surface area (Å²) in [5.74, 6) is 0. The van der Waals surface area contributed by atoms with Crippen LogP contribution in [0.2, 0.25) is 0 Å². The quantitative estimate of drug-likeness (QED) is 0.220. The molecule has 0 bridgehead atoms. The summed E-state index contributed by atoms with van der Waals surface area (Å²) in [5.41, 5.74) is 11.7. The van der Waals surface area contributed by atoms with Crippen molar-refractivity contribution in [2.45, 2.75) is 57.3 Å². The molecule has 4 atom stereocenters. The van der Waals surface area contributed by atoms with Crippen molar-refractivity contribution in [1.29, 1.82) is 0 Å². The number of sulfone groups is 1. The zero-order valence-electron chi connectivity index (χ0n) is 14.8. The summed E-state index contributed by atoms with van der Waals surface area (Å²) in [6.45, 7) is 0. The summed E-state index contributed by atoms with van der Waals surface area (Å²) in [5, 5.41) is 0. The first-order chi connectivity index (χ1) is 13.9. The first-order valence-corrected chi connectivity index (χ1v) is 15.3. The summed E-state index contributed by atoms with van der Waals surface area (Å²) in [6.07, 6.45) is -2.30. The van der Waals surface area contributed by atoms with Gasteiger partial charge in [0, 0.05) is 12.8 Å². The van der Waals surface area contributed by atoms with E-state index in [0.717, 1.165) is 0 Å². The Balaban J connectivity index is 2.95. The molecule has 0 aromatic rings. The number of rotatable bonds is 2. The van der Waals surface area contributed by atoms with Crippen LogP contribution in [0.1, 0.15) is 12.8 Å². The van der Waals surface area contributed by atoms with Gasteiger partial charge in [-0.2, -0.15) is 0 Å². The number of halogens is 16. The van der Waals surface area contributed by atoms with E-state index < -0.39 is 67.1 Å². The van der Waals surface area contributed by atoms with Crippen LogP contribution in [0.4, 0.5) is 0 Å². The molecule has 2 rings (SSSR count). The Kier molecular flexibility index (Phi) is 8.95. The molecule has 196 valence electrons. The summed E-state index contributed by atoms with van der Waals surface area (Å²) >= 11 is 100. The third-order valence-electron chi connectivity index (χ3n) is 5.46. The molecule has 2 aliphatic carbocycles. The molecule has 0 aliphatic heterocycles. The van der Waals surface area contributed by atoms with Gasteiger partial charge < -0.3 is 11.5 Å². The van der Waals surface area contributed by atoms with Crippen molar-refractivity contribution in [3.63, 3.8) is 0 Å². The van der Waals surface area contributed by atoms with E-state index in [4.69, 9.17) is 197 Å². The lowest BCUT2D eigenvalue weighted by atomic mass is 9.90. The Hall–Kier alpha value is 4.51. The summed E-state index contributed by atoms with van der Waals surface area (Å²) in [4.78, 5) is -5.16. The largest absolute Gasteiger partial charge is 0.308 e. The predicted octanol–water partition coefficient (Wildman–Crippen LogP) is 7.91. The van der Waals surface area contributed by atoms with Gasteiger partial charge in [-0.25, -0.2) is 8.42 Å². The van der Waals surface area contributed by atoms with E-state index in [1.54, 1.807) is 0 Å². The highest BCUT2D eigenvalue weighted by atomic mass is 35.6. The monoisotopic (exact) mass is 804 g/mol. The molecule has 4 nitrogen and oxygen atoms in total. The van der Waals surface area contributed by atoms with E-state index in [0.29, 0.717) is 0 Å². The molecular formula is C12H8Cl16N2O2S. The molecule has 2 fully saturated rings. The fourth-order valence-corrected chi connectivity index (χ4v) is 13.9. The summed E-state index contributed by atoms with van der Waals surface area (Å²) in [7, 11) is -5.48. The van der Waals surface area contributed by atoms with Gasteiger partial charge in [-0.15, -0.1) is 0 Å². The van der Waals surface area contributed by atoms with Gasteiger partial charge in [-0.3, -0.25) is 0 Å². The average Bonchev–Trinajstić information content (AvgIpc) is 2.57. The molecule has 0 radical (unpaired) electrons. The van der Waals surface area contributed by atoms with Crippen molar-refractivity contribution >= 4 is 195 Å². The van der Waals surface area contributed by atoms with Crippen LogP contribution in [-0.4, -0.2) is 52.8 Å². The van der Waals surface area contributed by atoms with Crippen LogP contribution in [0.15, 0.2) is 0 Å². The number of hydrogen-bond donors (Lipinski definition) is 2. The predicted molar refractivity (Wildman–Crippen MR) is 147 cm³/mol. The van der Waals surface area contributed by atoms with Gasteiger partial charge in [-0.05, 0) is 0 Å². The van der Waals surface area contributed by atoms with Crippen molar-refractivity contribution in [1.82, 2.24) is 0 Å². The highest BCUT2D eigenvalue weighted by molar-refractivity contribution is 7.97. The molecule has 0 saturated heterocycles. The second kappa shape index (κ2) is 8.76. The zero-order valence-corrected chi connectivity index (χ0v) is 27.8. The Labute approximate surface area is 269 Å². The minimum Gasteiger partial charge on any atom is -0.308 e. The standard InChI is InChI=1S/C12H8Cl16N2O2S/c13-3(14)1-5(17,7(19,20)9(23,24)11(3,27)29)33(31,32)6(18)2-4(15,16)12(28,30)10(25,26)8(6,21)22/h1-2,29-30H2. The van der Waals surface area contributed by atoms with Crippen molar-refractivity contribution in [2.24, 2.45) is 11.5 Å². The van der Waals surface area contributed by atoms with Gasteiger partial charge in [0.2, 0.25) is 0 Å². The van der Waals surface area contributed by atoms with Crippen LogP contribution in [0.5, 0.6) is 0 Å². The molecule has 0 amide bonds. The van der Waals surface area contributed by atoms with Crippen LogP contribution in [0, 0.1) is 0 Å². The Morgan fingerprint density at radius 3 is 0.879 bits per heavy atom. The molecular weight excluding hydrogens is 803 g/mol. The minimum absolute atomic E-state index is 1.15. The smallest absolute Gasteiger partial charge is 0.195 e. The molecule has 2 saturated carbocycles. The lowest BCUT2D eigenvalue weighted by Crippen LogP contribution is -2.82. The molecule has 4 N–H and O–H groups in total. The van der Waals surface area contributed by atoms with Crippen molar-refractivity contribution in [2.75, 3.05) is 0 Å². The van der Waals surface area contributed by atoms with Crippen LogP contribution in [0.25, 0.3) is 0 Å². The van der Waals surface area contributed by atoms with E-state index in [1.165, 1.54) is 0 Å². The molecule has 21 heteroatoms. The van der Waals surface area contributed by atoms with Gasteiger partial charge in [0.15, 0.2) is 54.2 Å².